The van der Waals surface area contributed by atoms with Crippen LogP contribution < -0.4 is 5.32 Å². The molecule has 1 aliphatic carbocycles. The van der Waals surface area contributed by atoms with E-state index in [1.807, 2.05) is 54.6 Å². The molecule has 1 amide bonds. The summed E-state index contributed by atoms with van der Waals surface area (Å²) >= 11 is 0. The number of nitrogens with one attached hydrogen (secondary N) is 1. The standard InChI is InChI=1S/C20H19N3O3/c24-19(20(25)12-15-8-4-5-9-16(15)13-20)21-11-10-17-22-23-18(26-17)14-6-2-1-3-7-14/h1-9,25H,10-13H2,(H,21,24). The van der Waals surface area contributed by atoms with Crippen molar-refractivity contribution in [2.24, 2.45) is 0 Å². The van der Waals surface area contributed by atoms with Crippen molar-refractivity contribution in [1.82, 2.24) is 15.5 Å². The summed E-state index contributed by atoms with van der Waals surface area (Å²) in [5.41, 5.74) is 1.52. The number of carbonyl (C=O) groups excluding carboxylic acids is 1. The minimum absolute atomic E-state index is 0.327. The van der Waals surface area contributed by atoms with Crippen molar-refractivity contribution in [3.63, 3.8) is 0 Å². The Hall–Kier alpha value is -2.99. The molecule has 6 nitrogen and oxygen atoms in total. The average Bonchev–Trinajstić information content (AvgIpc) is 3.26. The molecule has 0 saturated carbocycles. The molecule has 132 valence electrons. The molecule has 0 aliphatic heterocycles. The van der Waals surface area contributed by atoms with Gasteiger partial charge in [-0.25, -0.2) is 0 Å². The van der Waals surface area contributed by atoms with Crippen molar-refractivity contribution in [2.45, 2.75) is 24.9 Å². The normalized spacial score (nSPS) is 14.8. The van der Waals surface area contributed by atoms with Crippen LogP contribution in [0.1, 0.15) is 17.0 Å². The van der Waals surface area contributed by atoms with E-state index in [2.05, 4.69) is 15.5 Å². The van der Waals surface area contributed by atoms with Gasteiger partial charge < -0.3 is 14.8 Å². The topological polar surface area (TPSA) is 88.3 Å². The van der Waals surface area contributed by atoms with Crippen LogP contribution >= 0.6 is 0 Å². The maximum Gasteiger partial charge on any atom is 0.252 e. The molecule has 6 heteroatoms. The summed E-state index contributed by atoms with van der Waals surface area (Å²) in [6.07, 6.45) is 1.09. The molecule has 4 rings (SSSR count). The van der Waals surface area contributed by atoms with Crippen LogP contribution in [0.2, 0.25) is 0 Å². The summed E-state index contributed by atoms with van der Waals surface area (Å²) in [5, 5.41) is 21.5. The van der Waals surface area contributed by atoms with E-state index >= 15 is 0 Å². The van der Waals surface area contributed by atoms with E-state index in [9.17, 15) is 9.90 Å². The van der Waals surface area contributed by atoms with E-state index < -0.39 is 5.60 Å². The number of aromatic nitrogens is 2. The van der Waals surface area contributed by atoms with Crippen molar-refractivity contribution in [3.8, 4) is 11.5 Å². The van der Waals surface area contributed by atoms with Gasteiger partial charge in [0.2, 0.25) is 11.8 Å². The van der Waals surface area contributed by atoms with Crippen LogP contribution in [0.4, 0.5) is 0 Å². The molecule has 26 heavy (non-hydrogen) atoms. The molecule has 0 spiro atoms. The van der Waals surface area contributed by atoms with Crippen molar-refractivity contribution < 1.29 is 14.3 Å². The first kappa shape index (κ1) is 16.5. The monoisotopic (exact) mass is 349 g/mol. The van der Waals surface area contributed by atoms with Crippen molar-refractivity contribution in [1.29, 1.82) is 0 Å². The number of hydrogen-bond donors (Lipinski definition) is 2. The zero-order valence-electron chi connectivity index (χ0n) is 14.2. The van der Waals surface area contributed by atoms with Crippen molar-refractivity contribution in [2.75, 3.05) is 6.54 Å². The van der Waals surface area contributed by atoms with Crippen LogP contribution in [0.25, 0.3) is 11.5 Å². The van der Waals surface area contributed by atoms with E-state index in [0.717, 1.165) is 16.7 Å². The first-order chi connectivity index (χ1) is 12.6. The molecule has 1 aromatic heterocycles. The van der Waals surface area contributed by atoms with Gasteiger partial charge in [-0.05, 0) is 23.3 Å². The molecule has 0 radical (unpaired) electrons. The first-order valence-electron chi connectivity index (χ1n) is 8.59. The first-order valence-corrected chi connectivity index (χ1v) is 8.59. The van der Waals surface area contributed by atoms with Gasteiger partial charge >= 0.3 is 0 Å². The molecule has 0 atom stereocenters. The van der Waals surface area contributed by atoms with Gasteiger partial charge in [0.15, 0.2) is 5.60 Å². The second-order valence-corrected chi connectivity index (χ2v) is 6.53. The number of amides is 1. The van der Waals surface area contributed by atoms with Crippen LogP contribution in [-0.4, -0.2) is 33.4 Å². The SMILES string of the molecule is O=C(NCCc1nnc(-c2ccccc2)o1)C1(O)Cc2ccccc2C1. The second kappa shape index (κ2) is 6.72. The van der Waals surface area contributed by atoms with Gasteiger partial charge in [-0.3, -0.25) is 4.79 Å². The van der Waals surface area contributed by atoms with Crippen LogP contribution in [0.15, 0.2) is 59.0 Å². The Morgan fingerprint density at radius 3 is 2.38 bits per heavy atom. The summed E-state index contributed by atoms with van der Waals surface area (Å²) in [5.74, 6) is 0.541. The van der Waals surface area contributed by atoms with Gasteiger partial charge in [-0.2, -0.15) is 0 Å². The van der Waals surface area contributed by atoms with E-state index in [1.54, 1.807) is 0 Å². The maximum absolute atomic E-state index is 12.4. The zero-order valence-corrected chi connectivity index (χ0v) is 14.2. The third-order valence-electron chi connectivity index (χ3n) is 4.62. The smallest absolute Gasteiger partial charge is 0.252 e. The molecule has 0 unspecified atom stereocenters. The highest BCUT2D eigenvalue weighted by atomic mass is 16.4. The number of rotatable bonds is 5. The van der Waals surface area contributed by atoms with E-state index in [4.69, 9.17) is 4.42 Å². The van der Waals surface area contributed by atoms with Gasteiger partial charge in [0.1, 0.15) is 0 Å². The highest BCUT2D eigenvalue weighted by Crippen LogP contribution is 2.30. The molecule has 0 saturated heterocycles. The highest BCUT2D eigenvalue weighted by Gasteiger charge is 2.41. The van der Waals surface area contributed by atoms with E-state index in [0.29, 0.717) is 37.6 Å². The van der Waals surface area contributed by atoms with Gasteiger partial charge in [0, 0.05) is 31.4 Å². The third-order valence-corrected chi connectivity index (χ3v) is 4.62. The Kier molecular flexibility index (Phi) is 4.26. The Labute approximate surface area is 150 Å². The fourth-order valence-corrected chi connectivity index (χ4v) is 3.26. The second-order valence-electron chi connectivity index (χ2n) is 6.53. The third kappa shape index (κ3) is 3.23. The molecule has 1 heterocycles. The lowest BCUT2D eigenvalue weighted by Gasteiger charge is -2.20. The molecule has 0 bridgehead atoms. The number of aliphatic hydroxyl groups is 1. The predicted molar refractivity (Wildman–Crippen MR) is 95.2 cm³/mol. The van der Waals surface area contributed by atoms with Gasteiger partial charge in [0.25, 0.3) is 5.91 Å². The largest absolute Gasteiger partial charge is 0.421 e. The number of fused-ring (bicyclic) bond motifs is 1. The highest BCUT2D eigenvalue weighted by molar-refractivity contribution is 5.86. The van der Waals surface area contributed by atoms with Gasteiger partial charge in [-0.1, -0.05) is 42.5 Å². The summed E-state index contributed by atoms with van der Waals surface area (Å²) in [4.78, 5) is 12.4. The fraction of sp³-hybridized carbons (Fsp3) is 0.250. The molecular weight excluding hydrogens is 330 g/mol. The number of benzene rings is 2. The zero-order chi connectivity index (χ0) is 18.0. The molecular formula is C20H19N3O3. The van der Waals surface area contributed by atoms with E-state index in [1.165, 1.54) is 0 Å². The maximum atomic E-state index is 12.4. The molecule has 3 aromatic rings. The summed E-state index contributed by atoms with van der Waals surface area (Å²) < 4.78 is 5.62. The Bertz CT molecular complexity index is 896. The van der Waals surface area contributed by atoms with Crippen molar-refractivity contribution >= 4 is 5.91 Å². The van der Waals surface area contributed by atoms with Crippen molar-refractivity contribution in [3.05, 3.63) is 71.6 Å². The van der Waals surface area contributed by atoms with E-state index in [-0.39, 0.29) is 5.91 Å². The minimum atomic E-state index is -1.38. The fourth-order valence-electron chi connectivity index (χ4n) is 3.26. The Morgan fingerprint density at radius 2 is 1.69 bits per heavy atom. The predicted octanol–water partition coefficient (Wildman–Crippen LogP) is 1.93. The van der Waals surface area contributed by atoms with Gasteiger partial charge in [0.05, 0.1) is 0 Å². The number of hydrogen-bond acceptors (Lipinski definition) is 5. The van der Waals surface area contributed by atoms with Crippen LogP contribution in [0.3, 0.4) is 0 Å². The molecule has 0 fully saturated rings. The van der Waals surface area contributed by atoms with Crippen LogP contribution in [-0.2, 0) is 24.1 Å². The lowest BCUT2D eigenvalue weighted by molar-refractivity contribution is -0.138. The van der Waals surface area contributed by atoms with Crippen LogP contribution in [0, 0.1) is 0 Å². The van der Waals surface area contributed by atoms with Gasteiger partial charge in [-0.15, -0.1) is 10.2 Å². The molecule has 2 aromatic carbocycles. The van der Waals surface area contributed by atoms with Crippen LogP contribution in [0.5, 0.6) is 0 Å². The summed E-state index contributed by atoms with van der Waals surface area (Å²) in [7, 11) is 0. The minimum Gasteiger partial charge on any atom is -0.421 e. The Balaban J connectivity index is 1.33. The summed E-state index contributed by atoms with van der Waals surface area (Å²) in [6, 6.07) is 17.2. The lowest BCUT2D eigenvalue weighted by Crippen LogP contribution is -2.48. The molecule has 1 aliphatic rings. The lowest BCUT2D eigenvalue weighted by atomic mass is 9.99. The average molecular weight is 349 g/mol. The Morgan fingerprint density at radius 1 is 1.04 bits per heavy atom. The number of carbonyl (C=O) groups is 1. The molecule has 2 N–H and O–H groups in total. The summed E-state index contributed by atoms with van der Waals surface area (Å²) in [6.45, 7) is 0.327. The number of nitrogens with zero attached hydrogens (tertiary/aromatic N) is 2. The quantitative estimate of drug-likeness (QED) is 0.735.